The van der Waals surface area contributed by atoms with Crippen LogP contribution in [0.25, 0.3) is 0 Å². The fraction of sp³-hybridized carbons (Fsp3) is 0.476. The van der Waals surface area contributed by atoms with Crippen LogP contribution < -0.4 is 20.1 Å². The molecule has 160 valence electrons. The first-order chi connectivity index (χ1) is 13.8. The minimum atomic E-state index is 0. The van der Waals surface area contributed by atoms with E-state index >= 15 is 0 Å². The number of methoxy groups -OCH3 is 1. The van der Waals surface area contributed by atoms with Crippen LogP contribution in [0.1, 0.15) is 23.8 Å². The molecule has 29 heavy (non-hydrogen) atoms. The van der Waals surface area contributed by atoms with Crippen molar-refractivity contribution in [3.63, 3.8) is 0 Å². The highest BCUT2D eigenvalue weighted by Crippen LogP contribution is 2.27. The van der Waals surface area contributed by atoms with Crippen molar-refractivity contribution in [3.8, 4) is 11.5 Å². The maximum Gasteiger partial charge on any atom is 0.191 e. The van der Waals surface area contributed by atoms with Crippen molar-refractivity contribution in [2.24, 2.45) is 4.99 Å². The number of likely N-dealkylation sites (tertiary alicyclic amines) is 1. The van der Waals surface area contributed by atoms with Gasteiger partial charge in [0, 0.05) is 24.5 Å². The standard InChI is InChI=1S/C21H30N4O2S.HI/c1-22-21(23-10-13-27-18-8-5-7-17(15-18)26-2)24-16-19(20-9-6-14-28-20)25-11-3-4-12-25;/h5-9,14-15,19H,3-4,10-13,16H2,1-2H3,(H2,22,23,24);1H. The molecule has 1 atom stereocenters. The molecule has 6 nitrogen and oxygen atoms in total. The van der Waals surface area contributed by atoms with E-state index in [4.69, 9.17) is 9.47 Å². The predicted octanol–water partition coefficient (Wildman–Crippen LogP) is 3.76. The van der Waals surface area contributed by atoms with Crippen molar-refractivity contribution < 1.29 is 9.47 Å². The lowest BCUT2D eigenvalue weighted by molar-refractivity contribution is 0.248. The summed E-state index contributed by atoms with van der Waals surface area (Å²) < 4.78 is 11.0. The molecule has 2 heterocycles. The summed E-state index contributed by atoms with van der Waals surface area (Å²) in [6.07, 6.45) is 2.58. The highest BCUT2D eigenvalue weighted by Gasteiger charge is 2.24. The minimum Gasteiger partial charge on any atom is -0.497 e. The Bertz CT molecular complexity index is 736. The zero-order valence-corrected chi connectivity index (χ0v) is 20.2. The van der Waals surface area contributed by atoms with Crippen LogP contribution in [0.4, 0.5) is 0 Å². The second-order valence-corrected chi connectivity index (χ2v) is 7.66. The Balaban J connectivity index is 0.00000300. The Kier molecular flexibility index (Phi) is 10.6. The molecule has 1 aromatic heterocycles. The van der Waals surface area contributed by atoms with Gasteiger partial charge in [0.25, 0.3) is 0 Å². The molecule has 2 N–H and O–H groups in total. The third-order valence-corrected chi connectivity index (χ3v) is 5.82. The van der Waals surface area contributed by atoms with E-state index in [2.05, 4.69) is 38.0 Å². The van der Waals surface area contributed by atoms with Crippen LogP contribution in [0.15, 0.2) is 46.8 Å². The van der Waals surface area contributed by atoms with Crippen LogP contribution in [-0.4, -0.2) is 57.8 Å². The highest BCUT2D eigenvalue weighted by molar-refractivity contribution is 14.0. The average molecular weight is 530 g/mol. The maximum atomic E-state index is 5.78. The van der Waals surface area contributed by atoms with E-state index in [0.29, 0.717) is 19.2 Å². The number of guanidine groups is 1. The van der Waals surface area contributed by atoms with Gasteiger partial charge in [-0.1, -0.05) is 12.1 Å². The second-order valence-electron chi connectivity index (χ2n) is 6.68. The lowest BCUT2D eigenvalue weighted by atomic mass is 10.2. The third-order valence-electron chi connectivity index (χ3n) is 4.84. The van der Waals surface area contributed by atoms with Crippen LogP contribution >= 0.6 is 35.3 Å². The fourth-order valence-corrected chi connectivity index (χ4v) is 4.25. The van der Waals surface area contributed by atoms with Crippen molar-refractivity contribution in [3.05, 3.63) is 46.7 Å². The summed E-state index contributed by atoms with van der Waals surface area (Å²) in [6.45, 7) is 4.41. The summed E-state index contributed by atoms with van der Waals surface area (Å²) in [5.74, 6) is 2.40. The van der Waals surface area contributed by atoms with Gasteiger partial charge in [-0.2, -0.15) is 0 Å². The Hall–Kier alpha value is -1.52. The van der Waals surface area contributed by atoms with Crippen molar-refractivity contribution in [1.29, 1.82) is 0 Å². The third kappa shape index (κ3) is 7.35. The molecule has 1 fully saturated rings. The zero-order chi connectivity index (χ0) is 19.6. The Morgan fingerprint density at radius 3 is 2.66 bits per heavy atom. The van der Waals surface area contributed by atoms with Crippen LogP contribution in [0.2, 0.25) is 0 Å². The van der Waals surface area contributed by atoms with Crippen LogP contribution in [0.3, 0.4) is 0 Å². The van der Waals surface area contributed by atoms with E-state index in [-0.39, 0.29) is 24.0 Å². The van der Waals surface area contributed by atoms with Crippen molar-refractivity contribution in [1.82, 2.24) is 15.5 Å². The molecule has 8 heteroatoms. The number of rotatable bonds is 9. The second kappa shape index (κ2) is 12.9. The van der Waals surface area contributed by atoms with Crippen molar-refractivity contribution >= 4 is 41.3 Å². The van der Waals surface area contributed by atoms with Gasteiger partial charge in [-0.25, -0.2) is 0 Å². The molecule has 0 saturated carbocycles. The smallest absolute Gasteiger partial charge is 0.191 e. The Morgan fingerprint density at radius 2 is 1.97 bits per heavy atom. The minimum absolute atomic E-state index is 0. The lowest BCUT2D eigenvalue weighted by Gasteiger charge is -2.27. The first kappa shape index (κ1) is 23.8. The molecule has 3 rings (SSSR count). The van der Waals surface area contributed by atoms with Crippen molar-refractivity contribution in [2.45, 2.75) is 18.9 Å². The molecular weight excluding hydrogens is 499 g/mol. The van der Waals surface area contributed by atoms with E-state index in [9.17, 15) is 0 Å². The zero-order valence-electron chi connectivity index (χ0n) is 17.1. The first-order valence-electron chi connectivity index (χ1n) is 9.79. The molecule has 0 radical (unpaired) electrons. The summed E-state index contributed by atoms with van der Waals surface area (Å²) >= 11 is 1.83. The Labute approximate surface area is 194 Å². The monoisotopic (exact) mass is 530 g/mol. The number of hydrogen-bond acceptors (Lipinski definition) is 5. The van der Waals surface area contributed by atoms with Gasteiger partial charge in [0.05, 0.1) is 19.7 Å². The lowest BCUT2D eigenvalue weighted by Crippen LogP contribution is -2.43. The number of thiophene rings is 1. The van der Waals surface area contributed by atoms with Gasteiger partial charge in [-0.15, -0.1) is 35.3 Å². The van der Waals surface area contributed by atoms with Gasteiger partial charge in [0.1, 0.15) is 18.1 Å². The summed E-state index contributed by atoms with van der Waals surface area (Å²) in [5, 5.41) is 8.96. The molecule has 0 aliphatic carbocycles. The molecule has 0 bridgehead atoms. The molecule has 0 spiro atoms. The van der Waals surface area contributed by atoms with Gasteiger partial charge in [-0.05, 0) is 49.5 Å². The summed E-state index contributed by atoms with van der Waals surface area (Å²) in [4.78, 5) is 8.32. The van der Waals surface area contributed by atoms with Crippen molar-refractivity contribution in [2.75, 3.05) is 46.9 Å². The molecule has 1 unspecified atom stereocenters. The normalized spacial score (nSPS) is 15.4. The van der Waals surface area contributed by atoms with E-state index in [1.165, 1.54) is 30.8 Å². The quantitative estimate of drug-likeness (QED) is 0.224. The molecule has 1 aliphatic rings. The highest BCUT2D eigenvalue weighted by atomic mass is 127. The number of ether oxygens (including phenoxy) is 2. The van der Waals surface area contributed by atoms with Gasteiger partial charge in [0.15, 0.2) is 5.96 Å². The Morgan fingerprint density at radius 1 is 1.17 bits per heavy atom. The van der Waals surface area contributed by atoms with Gasteiger partial charge >= 0.3 is 0 Å². The summed E-state index contributed by atoms with van der Waals surface area (Å²) in [7, 11) is 3.45. The number of aliphatic imine (C=N–C) groups is 1. The molecular formula is C21H31IN4O2S. The summed E-state index contributed by atoms with van der Waals surface area (Å²) in [5.41, 5.74) is 0. The predicted molar refractivity (Wildman–Crippen MR) is 131 cm³/mol. The molecule has 1 saturated heterocycles. The molecule has 0 amide bonds. The van der Waals surface area contributed by atoms with E-state index < -0.39 is 0 Å². The van der Waals surface area contributed by atoms with Gasteiger partial charge in [-0.3, -0.25) is 9.89 Å². The number of halogens is 1. The van der Waals surface area contributed by atoms with Gasteiger partial charge < -0.3 is 20.1 Å². The van der Waals surface area contributed by atoms with Crippen LogP contribution in [0, 0.1) is 0 Å². The molecule has 2 aromatic rings. The summed E-state index contributed by atoms with van der Waals surface area (Å²) in [6, 6.07) is 12.4. The van der Waals surface area contributed by atoms with E-state index in [1.807, 2.05) is 35.6 Å². The van der Waals surface area contributed by atoms with Gasteiger partial charge in [0.2, 0.25) is 0 Å². The topological polar surface area (TPSA) is 58.1 Å². The first-order valence-corrected chi connectivity index (χ1v) is 10.7. The molecule has 1 aromatic carbocycles. The van der Waals surface area contributed by atoms with Crippen LogP contribution in [-0.2, 0) is 0 Å². The number of benzene rings is 1. The van der Waals surface area contributed by atoms with E-state index in [0.717, 1.165) is 24.0 Å². The number of nitrogens with one attached hydrogen (secondary N) is 2. The number of nitrogens with zero attached hydrogens (tertiary/aromatic N) is 2. The van der Waals surface area contributed by atoms with E-state index in [1.54, 1.807) is 14.2 Å². The fourth-order valence-electron chi connectivity index (χ4n) is 3.39. The largest absolute Gasteiger partial charge is 0.497 e. The SMILES string of the molecule is CN=C(NCCOc1cccc(OC)c1)NCC(c1cccs1)N1CCCC1.I. The molecule has 1 aliphatic heterocycles. The maximum absolute atomic E-state index is 5.78. The van der Waals surface area contributed by atoms with Crippen LogP contribution in [0.5, 0.6) is 11.5 Å². The number of hydrogen-bond donors (Lipinski definition) is 2. The average Bonchev–Trinajstić information content (AvgIpc) is 3.44.